The molecule has 0 saturated carbocycles. The van der Waals surface area contributed by atoms with E-state index in [4.69, 9.17) is 0 Å². The van der Waals surface area contributed by atoms with E-state index >= 15 is 0 Å². The van der Waals surface area contributed by atoms with Crippen molar-refractivity contribution in [2.24, 2.45) is 0 Å². The Morgan fingerprint density at radius 1 is 1.53 bits per heavy atom. The number of hydrogen-bond acceptors (Lipinski definition) is 3. The van der Waals surface area contributed by atoms with Gasteiger partial charge in [0.15, 0.2) is 0 Å². The van der Waals surface area contributed by atoms with Crippen LogP contribution < -0.4 is 0 Å². The summed E-state index contributed by atoms with van der Waals surface area (Å²) in [7, 11) is 0. The van der Waals surface area contributed by atoms with Crippen LogP contribution in [0.4, 0.5) is 5.69 Å². The van der Waals surface area contributed by atoms with E-state index in [1.165, 1.54) is 12.1 Å². The Labute approximate surface area is 85.5 Å². The molecule has 0 spiro atoms. The topological polar surface area (TPSA) is 79.2 Å². The van der Waals surface area contributed by atoms with Crippen LogP contribution in [-0.2, 0) is 0 Å². The molecule has 1 atom stereocenters. The summed E-state index contributed by atoms with van der Waals surface area (Å²) in [6.45, 7) is 1.63. The number of aliphatic hydroxyl groups is 1. The summed E-state index contributed by atoms with van der Waals surface area (Å²) in [5.41, 5.74) is 1.49. The number of fused-ring (bicyclic) bond motifs is 1. The van der Waals surface area contributed by atoms with E-state index in [0.29, 0.717) is 10.9 Å². The Bertz CT molecular complexity index is 516. The van der Waals surface area contributed by atoms with E-state index < -0.39 is 11.0 Å². The van der Waals surface area contributed by atoms with E-state index in [0.717, 1.165) is 5.52 Å². The van der Waals surface area contributed by atoms with Crippen LogP contribution in [-0.4, -0.2) is 15.0 Å². The molecule has 0 fully saturated rings. The van der Waals surface area contributed by atoms with E-state index in [1.54, 1.807) is 19.2 Å². The number of rotatable bonds is 2. The van der Waals surface area contributed by atoms with Gasteiger partial charge in [0, 0.05) is 34.8 Å². The van der Waals surface area contributed by atoms with Crippen molar-refractivity contribution < 1.29 is 10.0 Å². The second-order valence-electron chi connectivity index (χ2n) is 3.41. The van der Waals surface area contributed by atoms with Gasteiger partial charge in [-0.05, 0) is 13.0 Å². The molecule has 5 nitrogen and oxygen atoms in total. The summed E-state index contributed by atoms with van der Waals surface area (Å²) in [5.74, 6) is 0. The standard InChI is InChI=1S/C10H10N2O3/c1-6(13)9-5-11-10-3-2-7(12(14)15)4-8(9)10/h2-6,11,13H,1H3/t6-/m1/s1. The minimum Gasteiger partial charge on any atom is -0.389 e. The van der Waals surface area contributed by atoms with Gasteiger partial charge in [-0.15, -0.1) is 0 Å². The van der Waals surface area contributed by atoms with E-state index in [2.05, 4.69) is 4.98 Å². The minimum atomic E-state index is -0.638. The molecule has 0 amide bonds. The van der Waals surface area contributed by atoms with Crippen LogP contribution >= 0.6 is 0 Å². The summed E-state index contributed by atoms with van der Waals surface area (Å²) in [4.78, 5) is 13.1. The zero-order chi connectivity index (χ0) is 11.0. The fourth-order valence-corrected chi connectivity index (χ4v) is 1.59. The number of nitro groups is 1. The number of benzene rings is 1. The molecule has 0 saturated heterocycles. The van der Waals surface area contributed by atoms with Gasteiger partial charge in [-0.2, -0.15) is 0 Å². The number of nitro benzene ring substituents is 1. The highest BCUT2D eigenvalue weighted by Gasteiger charge is 2.12. The maximum atomic E-state index is 10.6. The third-order valence-corrected chi connectivity index (χ3v) is 2.36. The van der Waals surface area contributed by atoms with Crippen LogP contribution in [0.1, 0.15) is 18.6 Å². The molecule has 1 aromatic heterocycles. The molecular weight excluding hydrogens is 196 g/mol. The normalized spacial score (nSPS) is 12.9. The largest absolute Gasteiger partial charge is 0.389 e. The summed E-state index contributed by atoms with van der Waals surface area (Å²) < 4.78 is 0. The van der Waals surface area contributed by atoms with Crippen molar-refractivity contribution in [3.05, 3.63) is 40.1 Å². The van der Waals surface area contributed by atoms with Crippen molar-refractivity contribution in [3.63, 3.8) is 0 Å². The first-order chi connectivity index (χ1) is 7.09. The molecule has 0 unspecified atom stereocenters. The predicted molar refractivity (Wildman–Crippen MR) is 55.6 cm³/mol. The van der Waals surface area contributed by atoms with Gasteiger partial charge in [0.25, 0.3) is 5.69 Å². The number of nitrogens with one attached hydrogen (secondary N) is 1. The maximum absolute atomic E-state index is 10.6. The fraction of sp³-hybridized carbons (Fsp3) is 0.200. The lowest BCUT2D eigenvalue weighted by atomic mass is 10.1. The van der Waals surface area contributed by atoms with Gasteiger partial charge in [-0.1, -0.05) is 0 Å². The lowest BCUT2D eigenvalue weighted by Gasteiger charge is -2.00. The summed E-state index contributed by atoms with van der Waals surface area (Å²) in [6, 6.07) is 4.54. The number of nitrogens with zero attached hydrogens (tertiary/aromatic N) is 1. The van der Waals surface area contributed by atoms with Crippen molar-refractivity contribution in [3.8, 4) is 0 Å². The van der Waals surface area contributed by atoms with Crippen molar-refractivity contribution in [2.75, 3.05) is 0 Å². The van der Waals surface area contributed by atoms with Gasteiger partial charge in [0.05, 0.1) is 11.0 Å². The zero-order valence-corrected chi connectivity index (χ0v) is 8.10. The Kier molecular flexibility index (Phi) is 2.17. The molecule has 2 aromatic rings. The highest BCUT2D eigenvalue weighted by atomic mass is 16.6. The number of hydrogen-bond donors (Lipinski definition) is 2. The molecule has 0 aliphatic carbocycles. The van der Waals surface area contributed by atoms with Crippen LogP contribution in [0.2, 0.25) is 0 Å². The molecule has 1 heterocycles. The lowest BCUT2D eigenvalue weighted by Crippen LogP contribution is -1.90. The molecule has 0 radical (unpaired) electrons. The Balaban J connectivity index is 2.66. The van der Waals surface area contributed by atoms with Crippen LogP contribution in [0.5, 0.6) is 0 Å². The molecule has 2 N–H and O–H groups in total. The van der Waals surface area contributed by atoms with Crippen molar-refractivity contribution in [1.29, 1.82) is 0 Å². The summed E-state index contributed by atoms with van der Waals surface area (Å²) in [6.07, 6.45) is 1.03. The summed E-state index contributed by atoms with van der Waals surface area (Å²) >= 11 is 0. The molecule has 1 aromatic carbocycles. The molecule has 5 heteroatoms. The number of aromatic amines is 1. The maximum Gasteiger partial charge on any atom is 0.270 e. The average molecular weight is 206 g/mol. The first kappa shape index (κ1) is 9.67. The van der Waals surface area contributed by atoms with Crippen molar-refractivity contribution in [1.82, 2.24) is 4.98 Å². The number of non-ortho nitro benzene ring substituents is 1. The smallest absolute Gasteiger partial charge is 0.270 e. The quantitative estimate of drug-likeness (QED) is 0.583. The predicted octanol–water partition coefficient (Wildman–Crippen LogP) is 2.13. The Hall–Kier alpha value is -1.88. The number of aromatic nitrogens is 1. The highest BCUT2D eigenvalue weighted by Crippen LogP contribution is 2.27. The van der Waals surface area contributed by atoms with Crippen LogP contribution in [0, 0.1) is 10.1 Å². The molecule has 0 bridgehead atoms. The average Bonchev–Trinajstić information content (AvgIpc) is 2.59. The SMILES string of the molecule is C[C@@H](O)c1c[nH]c2ccc([N+](=O)[O-])cc12. The van der Waals surface area contributed by atoms with E-state index in [1.807, 2.05) is 0 Å². The zero-order valence-electron chi connectivity index (χ0n) is 8.10. The highest BCUT2D eigenvalue weighted by molar-refractivity contribution is 5.85. The fourth-order valence-electron chi connectivity index (χ4n) is 1.59. The van der Waals surface area contributed by atoms with Gasteiger partial charge < -0.3 is 10.1 Å². The molecule has 15 heavy (non-hydrogen) atoms. The molecule has 0 aliphatic rings. The number of aliphatic hydroxyl groups excluding tert-OH is 1. The third kappa shape index (κ3) is 1.57. The van der Waals surface area contributed by atoms with Gasteiger partial charge in [-0.25, -0.2) is 0 Å². The first-order valence-corrected chi connectivity index (χ1v) is 4.53. The van der Waals surface area contributed by atoms with Crippen LogP contribution in [0.3, 0.4) is 0 Å². The van der Waals surface area contributed by atoms with E-state index in [9.17, 15) is 15.2 Å². The van der Waals surface area contributed by atoms with Gasteiger partial charge in [-0.3, -0.25) is 10.1 Å². The molecule has 2 rings (SSSR count). The minimum absolute atomic E-state index is 0.0315. The Morgan fingerprint density at radius 3 is 2.87 bits per heavy atom. The Morgan fingerprint density at radius 2 is 2.27 bits per heavy atom. The van der Waals surface area contributed by atoms with Crippen molar-refractivity contribution >= 4 is 16.6 Å². The number of H-pyrrole nitrogens is 1. The van der Waals surface area contributed by atoms with Gasteiger partial charge in [0.2, 0.25) is 0 Å². The second-order valence-corrected chi connectivity index (χ2v) is 3.41. The van der Waals surface area contributed by atoms with Gasteiger partial charge >= 0.3 is 0 Å². The molecular formula is C10H10N2O3. The second kappa shape index (κ2) is 3.36. The molecule has 0 aliphatic heterocycles. The summed E-state index contributed by atoms with van der Waals surface area (Å²) in [5, 5.41) is 20.7. The van der Waals surface area contributed by atoms with Crippen molar-refractivity contribution in [2.45, 2.75) is 13.0 Å². The van der Waals surface area contributed by atoms with Gasteiger partial charge in [0.1, 0.15) is 0 Å². The van der Waals surface area contributed by atoms with Crippen LogP contribution in [0.15, 0.2) is 24.4 Å². The lowest BCUT2D eigenvalue weighted by molar-refractivity contribution is -0.384. The first-order valence-electron chi connectivity index (χ1n) is 4.53. The van der Waals surface area contributed by atoms with E-state index in [-0.39, 0.29) is 5.69 Å². The molecule has 78 valence electrons. The van der Waals surface area contributed by atoms with Crippen LogP contribution in [0.25, 0.3) is 10.9 Å². The third-order valence-electron chi connectivity index (χ3n) is 2.36. The monoisotopic (exact) mass is 206 g/mol.